The van der Waals surface area contributed by atoms with Gasteiger partial charge in [-0.3, -0.25) is 14.6 Å². The number of aryl methyl sites for hydroxylation is 1. The van der Waals surface area contributed by atoms with Crippen LogP contribution in [0.25, 0.3) is 16.8 Å². The molecule has 2 bridgehead atoms. The second kappa shape index (κ2) is 8.51. The zero-order valence-electron chi connectivity index (χ0n) is 20.2. The molecule has 4 aromatic rings. The molecule has 36 heavy (non-hydrogen) atoms. The monoisotopic (exact) mass is 485 g/mol. The molecule has 6 rings (SSSR count). The van der Waals surface area contributed by atoms with Crippen LogP contribution in [0.4, 0.5) is 5.82 Å². The van der Waals surface area contributed by atoms with E-state index in [1.807, 2.05) is 23.2 Å². The highest BCUT2D eigenvalue weighted by molar-refractivity contribution is 6.00. The van der Waals surface area contributed by atoms with Crippen LogP contribution in [0.5, 0.6) is 0 Å². The third kappa shape index (κ3) is 3.45. The maximum absolute atomic E-state index is 13.1. The van der Waals surface area contributed by atoms with Gasteiger partial charge in [-0.15, -0.1) is 10.2 Å². The number of nitrogens with two attached hydrogens (primary N) is 1. The average molecular weight is 486 g/mol. The van der Waals surface area contributed by atoms with Crippen molar-refractivity contribution in [1.29, 1.82) is 0 Å². The first-order valence-corrected chi connectivity index (χ1v) is 12.3. The van der Waals surface area contributed by atoms with Gasteiger partial charge in [0, 0.05) is 41.0 Å². The Kier molecular flexibility index (Phi) is 5.27. The number of H-pyrrole nitrogens is 1. The first kappa shape index (κ1) is 22.3. The smallest absolute Gasteiger partial charge is 0.292 e. The Hall–Kier alpha value is -4.15. The lowest BCUT2D eigenvalue weighted by molar-refractivity contribution is 0.0556. The number of ketones is 1. The van der Waals surface area contributed by atoms with Gasteiger partial charge >= 0.3 is 0 Å². The zero-order chi connectivity index (χ0) is 25.0. The Labute approximate surface area is 207 Å². The van der Waals surface area contributed by atoms with Gasteiger partial charge in [-0.1, -0.05) is 13.0 Å². The fourth-order valence-corrected chi connectivity index (χ4v) is 5.85. The molecule has 0 aliphatic carbocycles. The Bertz CT molecular complexity index is 1450. The topological polar surface area (TPSA) is 148 Å². The van der Waals surface area contributed by atoms with Crippen LogP contribution in [0, 0.1) is 0 Å². The number of amides is 1. The van der Waals surface area contributed by atoms with Crippen LogP contribution in [0.2, 0.25) is 0 Å². The predicted octanol–water partition coefficient (Wildman–Crippen LogP) is 2.81. The molecule has 3 N–H and O–H groups in total. The van der Waals surface area contributed by atoms with E-state index in [2.05, 4.69) is 32.2 Å². The molecule has 1 amide bonds. The molecule has 2 aliphatic heterocycles. The molecule has 2 aliphatic rings. The van der Waals surface area contributed by atoms with Crippen molar-refractivity contribution >= 4 is 23.2 Å². The number of anilines is 1. The molecule has 0 radical (unpaired) electrons. The number of nitrogens with zero attached hydrogens (tertiary/aromatic N) is 7. The highest BCUT2D eigenvalue weighted by Gasteiger charge is 2.45. The number of carbonyl (C=O) groups excluding carboxylic acids is 2. The molecular weight excluding hydrogens is 458 g/mol. The highest BCUT2D eigenvalue weighted by Crippen LogP contribution is 2.45. The zero-order valence-corrected chi connectivity index (χ0v) is 20.2. The summed E-state index contributed by atoms with van der Waals surface area (Å²) in [5.74, 6) is 0.269. The molecule has 0 aromatic carbocycles. The molecular formula is C25H27N9O2. The van der Waals surface area contributed by atoms with E-state index >= 15 is 0 Å². The molecule has 0 saturated carbocycles. The summed E-state index contributed by atoms with van der Waals surface area (Å²) >= 11 is 0. The van der Waals surface area contributed by atoms with Gasteiger partial charge in [0.05, 0.1) is 17.5 Å². The van der Waals surface area contributed by atoms with Crippen molar-refractivity contribution in [2.24, 2.45) is 0 Å². The minimum Gasteiger partial charge on any atom is -0.383 e. The van der Waals surface area contributed by atoms with Crippen LogP contribution in [0.1, 0.15) is 77.8 Å². The summed E-state index contributed by atoms with van der Waals surface area (Å²) < 4.78 is 1.54. The Balaban J connectivity index is 1.40. The molecule has 6 heterocycles. The third-order valence-corrected chi connectivity index (χ3v) is 7.53. The number of nitrogens with one attached hydrogen (secondary N) is 1. The van der Waals surface area contributed by atoms with Crippen LogP contribution < -0.4 is 5.73 Å². The number of hydrogen-bond acceptors (Lipinski definition) is 8. The van der Waals surface area contributed by atoms with E-state index in [1.165, 1.54) is 13.3 Å². The Morgan fingerprint density at radius 2 is 1.94 bits per heavy atom. The van der Waals surface area contributed by atoms with Crippen molar-refractivity contribution in [2.75, 3.05) is 5.73 Å². The van der Waals surface area contributed by atoms with Crippen molar-refractivity contribution in [3.63, 3.8) is 0 Å². The summed E-state index contributed by atoms with van der Waals surface area (Å²) in [6.07, 6.45) is 9.02. The number of nitrogen functional groups attached to an aromatic ring is 1. The normalized spacial score (nSPS) is 21.3. The predicted molar refractivity (Wildman–Crippen MR) is 131 cm³/mol. The average Bonchev–Trinajstić information content (AvgIpc) is 3.62. The van der Waals surface area contributed by atoms with Crippen LogP contribution in [-0.2, 0) is 6.42 Å². The molecule has 0 spiro atoms. The van der Waals surface area contributed by atoms with Crippen molar-refractivity contribution < 1.29 is 9.59 Å². The van der Waals surface area contributed by atoms with E-state index in [4.69, 9.17) is 10.7 Å². The molecule has 2 saturated heterocycles. The third-order valence-electron chi connectivity index (χ3n) is 7.53. The molecule has 11 heteroatoms. The second-order valence-corrected chi connectivity index (χ2v) is 9.60. The summed E-state index contributed by atoms with van der Waals surface area (Å²) in [5, 5.41) is 12.1. The lowest BCUT2D eigenvalue weighted by Gasteiger charge is -2.38. The maximum atomic E-state index is 13.1. The maximum Gasteiger partial charge on any atom is 0.292 e. The summed E-state index contributed by atoms with van der Waals surface area (Å²) in [5.41, 5.74) is 10.9. The van der Waals surface area contributed by atoms with E-state index in [9.17, 15) is 9.59 Å². The number of rotatable bonds is 5. The minimum atomic E-state index is -0.143. The van der Waals surface area contributed by atoms with E-state index in [0.29, 0.717) is 35.6 Å². The van der Waals surface area contributed by atoms with Crippen LogP contribution in [0.3, 0.4) is 0 Å². The van der Waals surface area contributed by atoms with Gasteiger partial charge in [-0.2, -0.15) is 9.61 Å². The summed E-state index contributed by atoms with van der Waals surface area (Å²) in [7, 11) is 0. The van der Waals surface area contributed by atoms with Gasteiger partial charge in [0.1, 0.15) is 12.1 Å². The Morgan fingerprint density at radius 1 is 1.17 bits per heavy atom. The van der Waals surface area contributed by atoms with E-state index in [1.54, 1.807) is 10.7 Å². The van der Waals surface area contributed by atoms with Crippen molar-refractivity contribution in [3.8, 4) is 11.1 Å². The van der Waals surface area contributed by atoms with Crippen LogP contribution in [-0.4, -0.2) is 63.4 Å². The van der Waals surface area contributed by atoms with Gasteiger partial charge in [0.2, 0.25) is 5.82 Å². The van der Waals surface area contributed by atoms with Gasteiger partial charge < -0.3 is 15.6 Å². The number of Topliss-reactive ketones (excluding diaryl/α,β-unsaturated/α-hetero) is 1. The largest absolute Gasteiger partial charge is 0.383 e. The number of fused-ring (bicyclic) bond motifs is 3. The second-order valence-electron chi connectivity index (χ2n) is 9.60. The van der Waals surface area contributed by atoms with Gasteiger partial charge in [0.15, 0.2) is 11.4 Å². The molecule has 3 atom stereocenters. The van der Waals surface area contributed by atoms with Crippen LogP contribution >= 0.6 is 0 Å². The standard InChI is InChI=1S/C25H27N9O2/c1-3-16-5-4-14(10-27-16)19-11-30-34-22(26)20(13(2)35)21(31-24(19)34)15-8-17-6-7-18(9-15)33(17)25(36)23-28-12-29-32-23/h4-5,10-12,15,17-18H,3,6-9,26H2,1-2H3,(H,28,29,32)/t15-,17-,18+. The lowest BCUT2D eigenvalue weighted by atomic mass is 9.85. The Morgan fingerprint density at radius 3 is 2.56 bits per heavy atom. The fraction of sp³-hybridized carbons (Fsp3) is 0.400. The number of piperidine rings is 1. The molecule has 4 aromatic heterocycles. The quantitative estimate of drug-likeness (QED) is 0.410. The first-order chi connectivity index (χ1) is 17.5. The van der Waals surface area contributed by atoms with Crippen molar-refractivity contribution in [2.45, 2.75) is 64.0 Å². The molecule has 184 valence electrons. The number of aromatic nitrogens is 7. The highest BCUT2D eigenvalue weighted by atomic mass is 16.2. The van der Waals surface area contributed by atoms with Gasteiger partial charge in [-0.05, 0) is 45.1 Å². The molecule has 0 unspecified atom stereocenters. The lowest BCUT2D eigenvalue weighted by Crippen LogP contribution is -2.46. The number of carbonyl (C=O) groups is 2. The number of aromatic amines is 1. The van der Waals surface area contributed by atoms with E-state index in [-0.39, 0.29) is 35.5 Å². The summed E-state index contributed by atoms with van der Waals surface area (Å²) in [6.45, 7) is 3.57. The first-order valence-electron chi connectivity index (χ1n) is 12.3. The minimum absolute atomic E-state index is 0.00387. The molecule has 2 fully saturated rings. The van der Waals surface area contributed by atoms with Gasteiger partial charge in [-0.25, -0.2) is 4.98 Å². The fourth-order valence-electron chi connectivity index (χ4n) is 5.85. The molecule has 11 nitrogen and oxygen atoms in total. The SMILES string of the molecule is CCc1ccc(-c2cnn3c(N)c(C(C)=O)c([C@@H]4C[C@H]5CC[C@@H](C4)N5C(=O)c4nnc[nH]4)nc23)cn1. The van der Waals surface area contributed by atoms with E-state index < -0.39 is 0 Å². The van der Waals surface area contributed by atoms with E-state index in [0.717, 1.165) is 36.1 Å². The number of pyridine rings is 1. The van der Waals surface area contributed by atoms with Crippen molar-refractivity contribution in [1.82, 2.24) is 39.7 Å². The van der Waals surface area contributed by atoms with Crippen LogP contribution in [0.15, 0.2) is 30.9 Å². The number of hydrogen-bond donors (Lipinski definition) is 2. The summed E-state index contributed by atoms with van der Waals surface area (Å²) in [4.78, 5) is 40.1. The van der Waals surface area contributed by atoms with Gasteiger partial charge in [0.25, 0.3) is 5.91 Å². The summed E-state index contributed by atoms with van der Waals surface area (Å²) in [6, 6.07) is 4.08. The van der Waals surface area contributed by atoms with Crippen molar-refractivity contribution in [3.05, 3.63) is 53.6 Å².